The van der Waals surface area contributed by atoms with Gasteiger partial charge >= 0.3 is 0 Å². The Labute approximate surface area is 89.7 Å². The summed E-state index contributed by atoms with van der Waals surface area (Å²) in [4.78, 5) is 7.81. The Kier molecular flexibility index (Phi) is 3.43. The van der Waals surface area contributed by atoms with Crippen LogP contribution in [0.4, 0.5) is 0 Å². The number of nitrogens with zero attached hydrogens (tertiary/aromatic N) is 2. The van der Waals surface area contributed by atoms with E-state index in [-0.39, 0.29) is 5.16 Å². The highest BCUT2D eigenvalue weighted by Crippen LogP contribution is 2.06. The summed E-state index contributed by atoms with van der Waals surface area (Å²) in [6.07, 6.45) is 1.74. The predicted octanol–water partition coefficient (Wildman–Crippen LogP) is 0.814. The lowest BCUT2D eigenvalue weighted by atomic mass is 10.3. The van der Waals surface area contributed by atoms with Crippen molar-refractivity contribution in [3.05, 3.63) is 17.5 Å². The fourth-order valence-electron chi connectivity index (χ4n) is 1.01. The minimum atomic E-state index is -3.37. The van der Waals surface area contributed by atoms with E-state index in [0.29, 0.717) is 17.8 Å². The van der Waals surface area contributed by atoms with Gasteiger partial charge in [-0.25, -0.2) is 18.4 Å². The average Bonchev–Trinajstić information content (AvgIpc) is 2.16. The van der Waals surface area contributed by atoms with Crippen molar-refractivity contribution in [1.29, 1.82) is 0 Å². The fourth-order valence-corrected chi connectivity index (χ4v) is 1.56. The largest absolute Gasteiger partial charge is 0.248 e. The molecule has 0 unspecified atom stereocenters. The number of sulfone groups is 1. The van der Waals surface area contributed by atoms with Crippen molar-refractivity contribution in [2.75, 3.05) is 6.26 Å². The molecule has 0 saturated heterocycles. The first-order chi connectivity index (χ1) is 6.97. The van der Waals surface area contributed by atoms with Gasteiger partial charge in [-0.1, -0.05) is 12.8 Å². The van der Waals surface area contributed by atoms with Crippen LogP contribution in [0.15, 0.2) is 11.2 Å². The lowest BCUT2D eigenvalue weighted by Gasteiger charge is -2.01. The van der Waals surface area contributed by atoms with Crippen LogP contribution >= 0.6 is 0 Å². The molecule has 0 saturated carbocycles. The molecule has 1 heterocycles. The maximum atomic E-state index is 11.3. The van der Waals surface area contributed by atoms with E-state index in [0.717, 1.165) is 6.26 Å². The minimum Gasteiger partial charge on any atom is -0.223 e. The first-order valence-corrected chi connectivity index (χ1v) is 6.37. The maximum Gasteiger partial charge on any atom is 0.248 e. The molecule has 80 valence electrons. The molecule has 0 N–H and O–H groups in total. The van der Waals surface area contributed by atoms with Gasteiger partial charge in [-0.05, 0) is 25.3 Å². The summed E-state index contributed by atoms with van der Waals surface area (Å²) in [5.74, 6) is 5.41. The molecule has 1 aromatic rings. The molecule has 0 radical (unpaired) electrons. The van der Waals surface area contributed by atoms with Crippen molar-refractivity contribution in [3.63, 3.8) is 0 Å². The summed E-state index contributed by atoms with van der Waals surface area (Å²) in [7, 11) is -3.37. The molecule has 0 amide bonds. The maximum absolute atomic E-state index is 11.3. The first kappa shape index (κ1) is 11.7. The van der Waals surface area contributed by atoms with Crippen LogP contribution in [0.25, 0.3) is 0 Å². The number of aryl methyl sites for hydroxylation is 1. The number of aromatic nitrogens is 2. The molecule has 0 aliphatic carbocycles. The van der Waals surface area contributed by atoms with Gasteiger partial charge in [-0.15, -0.1) is 0 Å². The van der Waals surface area contributed by atoms with Crippen LogP contribution < -0.4 is 0 Å². The summed E-state index contributed by atoms with van der Waals surface area (Å²) < 4.78 is 22.6. The van der Waals surface area contributed by atoms with Gasteiger partial charge in [0.05, 0.1) is 0 Å². The lowest BCUT2D eigenvalue weighted by molar-refractivity contribution is 0.591. The Bertz CT molecular complexity index is 524. The molecule has 0 atom stereocenters. The quantitative estimate of drug-likeness (QED) is 0.551. The van der Waals surface area contributed by atoms with Gasteiger partial charge in [0.25, 0.3) is 0 Å². The van der Waals surface area contributed by atoms with Crippen molar-refractivity contribution >= 4 is 9.84 Å². The zero-order valence-electron chi connectivity index (χ0n) is 8.90. The van der Waals surface area contributed by atoms with Crippen LogP contribution in [-0.4, -0.2) is 24.6 Å². The highest BCUT2D eigenvalue weighted by molar-refractivity contribution is 7.90. The molecule has 0 fully saturated rings. The van der Waals surface area contributed by atoms with Gasteiger partial charge in [0.15, 0.2) is 0 Å². The van der Waals surface area contributed by atoms with Gasteiger partial charge in [-0.2, -0.15) is 0 Å². The molecule has 0 bridgehead atoms. The third-order valence-corrected chi connectivity index (χ3v) is 2.55. The van der Waals surface area contributed by atoms with E-state index in [9.17, 15) is 8.42 Å². The second-order valence-corrected chi connectivity index (χ2v) is 4.94. The third-order valence-electron chi connectivity index (χ3n) is 1.71. The minimum absolute atomic E-state index is 0.153. The summed E-state index contributed by atoms with van der Waals surface area (Å²) in [5.41, 5.74) is 1.13. The molecule has 0 aliphatic heterocycles. The second-order valence-electron chi connectivity index (χ2n) is 3.03. The molecule has 5 heteroatoms. The van der Waals surface area contributed by atoms with E-state index in [1.54, 1.807) is 13.0 Å². The van der Waals surface area contributed by atoms with E-state index < -0.39 is 9.84 Å². The monoisotopic (exact) mass is 224 g/mol. The number of rotatable bonds is 2. The van der Waals surface area contributed by atoms with Crippen molar-refractivity contribution < 1.29 is 8.42 Å². The van der Waals surface area contributed by atoms with E-state index in [1.165, 1.54) is 0 Å². The predicted molar refractivity (Wildman–Crippen MR) is 57.1 cm³/mol. The zero-order chi connectivity index (χ0) is 11.5. The standard InChI is InChI=1S/C10H12N2O2S/c1-4-6-9-7-8(5-2)11-10(12-9)15(3,13)14/h7H,5H2,1-3H3. The average molecular weight is 224 g/mol. The number of hydrogen-bond donors (Lipinski definition) is 0. The van der Waals surface area contributed by atoms with Crippen LogP contribution in [0.1, 0.15) is 25.2 Å². The van der Waals surface area contributed by atoms with Crippen LogP contribution in [0.5, 0.6) is 0 Å². The van der Waals surface area contributed by atoms with Crippen molar-refractivity contribution in [3.8, 4) is 11.8 Å². The van der Waals surface area contributed by atoms with Gasteiger partial charge in [0.1, 0.15) is 5.69 Å². The molecule has 0 spiro atoms. The molecule has 4 nitrogen and oxygen atoms in total. The summed E-state index contributed by atoms with van der Waals surface area (Å²) in [5, 5.41) is -0.153. The molecule has 0 aliphatic rings. The van der Waals surface area contributed by atoms with Crippen LogP contribution in [0.2, 0.25) is 0 Å². The fraction of sp³-hybridized carbons (Fsp3) is 0.400. The Morgan fingerprint density at radius 2 is 2.07 bits per heavy atom. The topological polar surface area (TPSA) is 59.9 Å². The number of hydrogen-bond acceptors (Lipinski definition) is 4. The van der Waals surface area contributed by atoms with Gasteiger partial charge in [0.2, 0.25) is 15.0 Å². The van der Waals surface area contributed by atoms with Crippen LogP contribution in [-0.2, 0) is 16.3 Å². The Morgan fingerprint density at radius 1 is 1.40 bits per heavy atom. The molecule has 0 aromatic carbocycles. The molecule has 1 aromatic heterocycles. The van der Waals surface area contributed by atoms with Gasteiger partial charge in [-0.3, -0.25) is 0 Å². The zero-order valence-corrected chi connectivity index (χ0v) is 9.72. The summed E-state index contributed by atoms with van der Waals surface area (Å²) in [6, 6.07) is 1.70. The molecular formula is C10H12N2O2S. The van der Waals surface area contributed by atoms with Crippen molar-refractivity contribution in [1.82, 2.24) is 9.97 Å². The smallest absolute Gasteiger partial charge is 0.223 e. The second kappa shape index (κ2) is 4.41. The van der Waals surface area contributed by atoms with Crippen LogP contribution in [0.3, 0.4) is 0 Å². The van der Waals surface area contributed by atoms with E-state index in [4.69, 9.17) is 0 Å². The third kappa shape index (κ3) is 3.03. The van der Waals surface area contributed by atoms with Gasteiger partial charge in [0, 0.05) is 11.9 Å². The van der Waals surface area contributed by atoms with E-state index >= 15 is 0 Å². The summed E-state index contributed by atoms with van der Waals surface area (Å²) in [6.45, 7) is 3.57. The lowest BCUT2D eigenvalue weighted by Crippen LogP contribution is -2.07. The summed E-state index contributed by atoms with van der Waals surface area (Å²) >= 11 is 0. The van der Waals surface area contributed by atoms with Crippen molar-refractivity contribution in [2.24, 2.45) is 0 Å². The van der Waals surface area contributed by atoms with Crippen LogP contribution in [0, 0.1) is 11.8 Å². The molecule has 1 rings (SSSR count). The first-order valence-electron chi connectivity index (χ1n) is 4.48. The molecular weight excluding hydrogens is 212 g/mol. The van der Waals surface area contributed by atoms with E-state index in [2.05, 4.69) is 21.8 Å². The normalized spacial score (nSPS) is 10.6. The van der Waals surface area contributed by atoms with Gasteiger partial charge < -0.3 is 0 Å². The highest BCUT2D eigenvalue weighted by Gasteiger charge is 2.12. The Balaban J connectivity index is 3.40. The SMILES string of the molecule is CC#Cc1cc(CC)nc(S(C)(=O)=O)n1. The van der Waals surface area contributed by atoms with Crippen molar-refractivity contribution in [2.45, 2.75) is 25.4 Å². The molecule has 15 heavy (non-hydrogen) atoms. The Morgan fingerprint density at radius 3 is 2.53 bits per heavy atom. The Hall–Kier alpha value is -1.41. The van der Waals surface area contributed by atoms with E-state index in [1.807, 2.05) is 6.92 Å². The highest BCUT2D eigenvalue weighted by atomic mass is 32.2.